The number of carbonyl (C=O) groups is 1. The molecule has 0 aliphatic carbocycles. The maximum absolute atomic E-state index is 11.9. The number of amides is 1. The largest absolute Gasteiger partial charge is 0.382 e. The summed E-state index contributed by atoms with van der Waals surface area (Å²) in [7, 11) is 1.93. The highest BCUT2D eigenvalue weighted by Gasteiger charge is 2.08. The molecule has 1 amide bonds. The molecule has 0 saturated carbocycles. The van der Waals surface area contributed by atoms with Gasteiger partial charge in [-0.3, -0.25) is 4.79 Å². The normalized spacial score (nSPS) is 11.1. The van der Waals surface area contributed by atoms with Crippen LogP contribution in [-0.2, 0) is 9.53 Å². The highest BCUT2D eigenvalue weighted by molar-refractivity contribution is 5.75. The van der Waals surface area contributed by atoms with E-state index < -0.39 is 0 Å². The maximum atomic E-state index is 11.9. The molecule has 0 aromatic heterocycles. The van der Waals surface area contributed by atoms with Crippen molar-refractivity contribution in [1.29, 1.82) is 0 Å². The van der Waals surface area contributed by atoms with Gasteiger partial charge < -0.3 is 9.64 Å². The van der Waals surface area contributed by atoms with Crippen molar-refractivity contribution in [3.05, 3.63) is 0 Å². The van der Waals surface area contributed by atoms with Gasteiger partial charge in [-0.1, -0.05) is 39.5 Å². The summed E-state index contributed by atoms with van der Waals surface area (Å²) < 4.78 is 5.31. The van der Waals surface area contributed by atoms with E-state index in [1.54, 1.807) is 0 Å². The lowest BCUT2D eigenvalue weighted by atomic mass is 10.1. The summed E-state index contributed by atoms with van der Waals surface area (Å²) in [4.78, 5) is 13.8. The Morgan fingerprint density at radius 1 is 1.05 bits per heavy atom. The summed E-state index contributed by atoms with van der Waals surface area (Å²) in [5.74, 6) is 0.976. The van der Waals surface area contributed by atoms with Crippen molar-refractivity contribution in [2.24, 2.45) is 5.92 Å². The molecule has 0 aliphatic rings. The number of nitrogens with zero attached hydrogens (tertiary/aromatic N) is 1. The standard InChI is InChI=1S/C17H35NO2/c1-5-20-15-11-9-7-6-8-10-12-17(19)18(4)14-13-16(2)3/h16H,5-15H2,1-4H3. The van der Waals surface area contributed by atoms with Crippen LogP contribution in [0.25, 0.3) is 0 Å². The summed E-state index contributed by atoms with van der Waals surface area (Å²) >= 11 is 0. The summed E-state index contributed by atoms with van der Waals surface area (Å²) in [6.45, 7) is 9.05. The van der Waals surface area contributed by atoms with Gasteiger partial charge in [0.1, 0.15) is 0 Å². The SMILES string of the molecule is CCOCCCCCCCCC(=O)N(C)CCC(C)C. The van der Waals surface area contributed by atoms with Crippen LogP contribution in [0, 0.1) is 5.92 Å². The van der Waals surface area contributed by atoms with Gasteiger partial charge in [0.25, 0.3) is 0 Å². The van der Waals surface area contributed by atoms with Crippen molar-refractivity contribution in [2.75, 3.05) is 26.8 Å². The van der Waals surface area contributed by atoms with E-state index in [-0.39, 0.29) is 0 Å². The molecule has 0 fully saturated rings. The van der Waals surface area contributed by atoms with Crippen molar-refractivity contribution < 1.29 is 9.53 Å². The third-order valence-electron chi connectivity index (χ3n) is 3.60. The van der Waals surface area contributed by atoms with Gasteiger partial charge in [-0.2, -0.15) is 0 Å². The highest BCUT2D eigenvalue weighted by Crippen LogP contribution is 2.09. The first-order valence-electron chi connectivity index (χ1n) is 8.39. The Labute approximate surface area is 126 Å². The molecular formula is C17H35NO2. The number of hydrogen-bond acceptors (Lipinski definition) is 2. The van der Waals surface area contributed by atoms with Crippen LogP contribution in [-0.4, -0.2) is 37.6 Å². The van der Waals surface area contributed by atoms with Crippen molar-refractivity contribution >= 4 is 5.91 Å². The third kappa shape index (κ3) is 12.5. The smallest absolute Gasteiger partial charge is 0.222 e. The zero-order valence-corrected chi connectivity index (χ0v) is 14.1. The summed E-state index contributed by atoms with van der Waals surface area (Å²) in [6.07, 6.45) is 8.97. The maximum Gasteiger partial charge on any atom is 0.222 e. The van der Waals surface area contributed by atoms with Crippen molar-refractivity contribution in [3.8, 4) is 0 Å². The molecule has 0 unspecified atom stereocenters. The van der Waals surface area contributed by atoms with Crippen LogP contribution >= 0.6 is 0 Å². The number of rotatable bonds is 13. The van der Waals surface area contributed by atoms with Crippen LogP contribution in [0.2, 0.25) is 0 Å². The lowest BCUT2D eigenvalue weighted by molar-refractivity contribution is -0.130. The zero-order valence-electron chi connectivity index (χ0n) is 14.1. The predicted molar refractivity (Wildman–Crippen MR) is 85.9 cm³/mol. The van der Waals surface area contributed by atoms with Crippen molar-refractivity contribution in [3.63, 3.8) is 0 Å². The Balaban J connectivity index is 3.34. The van der Waals surface area contributed by atoms with Gasteiger partial charge in [0.05, 0.1) is 0 Å². The minimum atomic E-state index is 0.307. The number of hydrogen-bond donors (Lipinski definition) is 0. The van der Waals surface area contributed by atoms with Crippen molar-refractivity contribution in [2.45, 2.75) is 72.1 Å². The molecule has 0 spiro atoms. The average molecular weight is 285 g/mol. The fourth-order valence-corrected chi connectivity index (χ4v) is 2.10. The first kappa shape index (κ1) is 19.4. The first-order valence-corrected chi connectivity index (χ1v) is 8.39. The van der Waals surface area contributed by atoms with Crippen LogP contribution < -0.4 is 0 Å². The zero-order chi connectivity index (χ0) is 15.2. The minimum absolute atomic E-state index is 0.307. The predicted octanol–water partition coefficient (Wildman–Crippen LogP) is 4.26. The molecule has 0 heterocycles. The molecule has 0 aliphatic heterocycles. The summed E-state index contributed by atoms with van der Waals surface area (Å²) in [5, 5.41) is 0. The molecule has 0 rings (SSSR count). The van der Waals surface area contributed by atoms with Gasteiger partial charge >= 0.3 is 0 Å². The van der Waals surface area contributed by atoms with Gasteiger partial charge in [-0.15, -0.1) is 0 Å². The van der Waals surface area contributed by atoms with Gasteiger partial charge in [0, 0.05) is 33.2 Å². The molecule has 0 saturated heterocycles. The molecule has 0 N–H and O–H groups in total. The van der Waals surface area contributed by atoms with E-state index in [0.29, 0.717) is 18.2 Å². The second-order valence-electron chi connectivity index (χ2n) is 6.07. The van der Waals surface area contributed by atoms with Crippen molar-refractivity contribution in [1.82, 2.24) is 4.90 Å². The molecule has 3 nitrogen and oxygen atoms in total. The van der Waals surface area contributed by atoms with Gasteiger partial charge in [-0.25, -0.2) is 0 Å². The highest BCUT2D eigenvalue weighted by atomic mass is 16.5. The lowest BCUT2D eigenvalue weighted by Crippen LogP contribution is -2.28. The van der Waals surface area contributed by atoms with Gasteiger partial charge in [0.15, 0.2) is 0 Å². The molecule has 3 heteroatoms. The van der Waals surface area contributed by atoms with Gasteiger partial charge in [0.2, 0.25) is 5.91 Å². The topological polar surface area (TPSA) is 29.5 Å². The van der Waals surface area contributed by atoms with E-state index in [0.717, 1.165) is 32.6 Å². The quantitative estimate of drug-likeness (QED) is 0.473. The fraction of sp³-hybridized carbons (Fsp3) is 0.941. The molecule has 0 radical (unpaired) electrons. The summed E-state index contributed by atoms with van der Waals surface area (Å²) in [5.41, 5.74) is 0. The summed E-state index contributed by atoms with van der Waals surface area (Å²) in [6, 6.07) is 0. The Bertz CT molecular complexity index is 229. The molecule has 20 heavy (non-hydrogen) atoms. The van der Waals surface area contributed by atoms with E-state index in [9.17, 15) is 4.79 Å². The second kappa shape index (κ2) is 13.4. The average Bonchev–Trinajstić information content (AvgIpc) is 2.42. The van der Waals surface area contributed by atoms with Crippen LogP contribution in [0.3, 0.4) is 0 Å². The fourth-order valence-electron chi connectivity index (χ4n) is 2.10. The van der Waals surface area contributed by atoms with Crippen LogP contribution in [0.1, 0.15) is 72.1 Å². The first-order chi connectivity index (χ1) is 9.57. The third-order valence-corrected chi connectivity index (χ3v) is 3.60. The molecule has 0 aromatic rings. The van der Waals surface area contributed by atoms with Crippen LogP contribution in [0.5, 0.6) is 0 Å². The van der Waals surface area contributed by atoms with E-state index in [1.807, 2.05) is 18.9 Å². The molecule has 0 aromatic carbocycles. The molecular weight excluding hydrogens is 250 g/mol. The monoisotopic (exact) mass is 285 g/mol. The minimum Gasteiger partial charge on any atom is -0.382 e. The van der Waals surface area contributed by atoms with Crippen LogP contribution in [0.15, 0.2) is 0 Å². The number of unbranched alkanes of at least 4 members (excludes halogenated alkanes) is 5. The second-order valence-corrected chi connectivity index (χ2v) is 6.07. The Morgan fingerprint density at radius 3 is 2.25 bits per heavy atom. The number of carbonyl (C=O) groups excluding carboxylic acids is 1. The van der Waals surface area contributed by atoms with E-state index >= 15 is 0 Å². The Kier molecular flexibility index (Phi) is 13.0. The Hall–Kier alpha value is -0.570. The molecule has 0 bridgehead atoms. The number of ether oxygens (including phenoxy) is 1. The molecule has 120 valence electrons. The van der Waals surface area contributed by atoms with Crippen LogP contribution in [0.4, 0.5) is 0 Å². The molecule has 0 atom stereocenters. The lowest BCUT2D eigenvalue weighted by Gasteiger charge is -2.18. The van der Waals surface area contributed by atoms with Gasteiger partial charge in [-0.05, 0) is 32.1 Å². The van der Waals surface area contributed by atoms with E-state index in [1.165, 1.54) is 32.1 Å². The Morgan fingerprint density at radius 2 is 1.65 bits per heavy atom. The van der Waals surface area contributed by atoms with E-state index in [2.05, 4.69) is 13.8 Å². The van der Waals surface area contributed by atoms with E-state index in [4.69, 9.17) is 4.74 Å².